The maximum Gasteiger partial charge on any atom is 0.256 e. The van der Waals surface area contributed by atoms with Crippen molar-refractivity contribution in [2.24, 2.45) is 0 Å². The zero-order chi connectivity index (χ0) is 14.4. The summed E-state index contributed by atoms with van der Waals surface area (Å²) in [5, 5.41) is 2.88. The first-order valence-corrected chi connectivity index (χ1v) is 7.02. The normalized spacial score (nSPS) is 20.0. The maximum absolute atomic E-state index is 12.8. The predicted molar refractivity (Wildman–Crippen MR) is 78.9 cm³/mol. The van der Waals surface area contributed by atoms with Crippen molar-refractivity contribution in [1.82, 2.24) is 4.90 Å². The molecule has 0 unspecified atom stereocenters. The van der Waals surface area contributed by atoms with Gasteiger partial charge in [0.05, 0.1) is 11.3 Å². The monoisotopic (exact) mass is 278 g/mol. The molecule has 0 aliphatic carbocycles. The van der Waals surface area contributed by atoms with Gasteiger partial charge in [-0.25, -0.2) is 0 Å². The molecule has 4 rings (SSSR count). The Morgan fingerprint density at radius 1 is 0.952 bits per heavy atom. The van der Waals surface area contributed by atoms with E-state index < -0.39 is 6.04 Å². The number of fused-ring (bicyclic) bond motifs is 3. The first kappa shape index (κ1) is 12.1. The van der Waals surface area contributed by atoms with Crippen LogP contribution in [-0.2, 0) is 17.8 Å². The summed E-state index contributed by atoms with van der Waals surface area (Å²) >= 11 is 0. The molecule has 4 heteroatoms. The summed E-state index contributed by atoms with van der Waals surface area (Å²) < 4.78 is 0. The van der Waals surface area contributed by atoms with Gasteiger partial charge in [-0.05, 0) is 23.3 Å². The van der Waals surface area contributed by atoms with Crippen LogP contribution in [0.15, 0.2) is 48.5 Å². The molecular formula is C17H14N2O2. The molecule has 4 nitrogen and oxygen atoms in total. The van der Waals surface area contributed by atoms with E-state index in [2.05, 4.69) is 5.32 Å². The van der Waals surface area contributed by atoms with Crippen LogP contribution in [0.4, 0.5) is 5.69 Å². The number of para-hydroxylation sites is 1. The second-order valence-electron chi connectivity index (χ2n) is 5.46. The molecule has 0 saturated carbocycles. The minimum atomic E-state index is -0.431. The van der Waals surface area contributed by atoms with E-state index in [-0.39, 0.29) is 11.8 Å². The standard InChI is InChI=1S/C17H14N2O2/c20-16-15-9-11-5-1-2-6-12(11)10-19(15)17(21)13-7-3-4-8-14(13)18-16/h1-8,15H,9-10H2,(H,18,20)/t15-/m1/s1. The van der Waals surface area contributed by atoms with Crippen LogP contribution in [0, 0.1) is 0 Å². The maximum atomic E-state index is 12.8. The molecule has 0 spiro atoms. The number of carbonyl (C=O) groups is 2. The number of rotatable bonds is 0. The van der Waals surface area contributed by atoms with Crippen molar-refractivity contribution in [3.8, 4) is 0 Å². The summed E-state index contributed by atoms with van der Waals surface area (Å²) in [7, 11) is 0. The van der Waals surface area contributed by atoms with Crippen LogP contribution in [-0.4, -0.2) is 22.8 Å². The van der Waals surface area contributed by atoms with E-state index >= 15 is 0 Å². The molecular weight excluding hydrogens is 264 g/mol. The zero-order valence-corrected chi connectivity index (χ0v) is 11.4. The highest BCUT2D eigenvalue weighted by atomic mass is 16.2. The molecule has 0 fully saturated rings. The van der Waals surface area contributed by atoms with Crippen molar-refractivity contribution in [1.29, 1.82) is 0 Å². The number of nitrogens with zero attached hydrogens (tertiary/aromatic N) is 1. The lowest BCUT2D eigenvalue weighted by atomic mass is 9.93. The van der Waals surface area contributed by atoms with Crippen LogP contribution in [0.1, 0.15) is 21.5 Å². The second kappa shape index (κ2) is 4.45. The molecule has 1 atom stereocenters. The number of benzene rings is 2. The fourth-order valence-corrected chi connectivity index (χ4v) is 3.12. The number of hydrogen-bond acceptors (Lipinski definition) is 2. The average Bonchev–Trinajstić information content (AvgIpc) is 2.62. The molecule has 0 aromatic heterocycles. The van der Waals surface area contributed by atoms with Gasteiger partial charge in [0, 0.05) is 13.0 Å². The molecule has 2 heterocycles. The van der Waals surface area contributed by atoms with E-state index in [1.807, 2.05) is 36.4 Å². The van der Waals surface area contributed by atoms with E-state index in [1.165, 1.54) is 0 Å². The third kappa shape index (κ3) is 1.83. The van der Waals surface area contributed by atoms with Gasteiger partial charge in [0.15, 0.2) is 0 Å². The minimum absolute atomic E-state index is 0.0801. The highest BCUT2D eigenvalue weighted by Crippen LogP contribution is 2.30. The van der Waals surface area contributed by atoms with Gasteiger partial charge in [-0.15, -0.1) is 0 Å². The second-order valence-corrected chi connectivity index (χ2v) is 5.46. The molecule has 21 heavy (non-hydrogen) atoms. The van der Waals surface area contributed by atoms with E-state index in [4.69, 9.17) is 0 Å². The molecule has 0 saturated heterocycles. The molecule has 2 aliphatic rings. The SMILES string of the molecule is O=C1Nc2ccccc2C(=O)N2Cc3ccccc3C[C@H]12. The van der Waals surface area contributed by atoms with Crippen molar-refractivity contribution in [3.05, 3.63) is 65.2 Å². The Hall–Kier alpha value is -2.62. The Morgan fingerprint density at radius 2 is 1.67 bits per heavy atom. The smallest absolute Gasteiger partial charge is 0.256 e. The van der Waals surface area contributed by atoms with Crippen molar-refractivity contribution >= 4 is 17.5 Å². The van der Waals surface area contributed by atoms with Crippen LogP contribution < -0.4 is 5.32 Å². The van der Waals surface area contributed by atoms with Crippen LogP contribution in [0.2, 0.25) is 0 Å². The molecule has 2 aromatic rings. The predicted octanol–water partition coefficient (Wildman–Crippen LogP) is 2.21. The third-order valence-electron chi connectivity index (χ3n) is 4.23. The summed E-state index contributed by atoms with van der Waals surface area (Å²) in [6.45, 7) is 0.488. The molecule has 104 valence electrons. The van der Waals surface area contributed by atoms with E-state index in [9.17, 15) is 9.59 Å². The average molecular weight is 278 g/mol. The Balaban J connectivity index is 1.82. The topological polar surface area (TPSA) is 49.4 Å². The van der Waals surface area contributed by atoms with Crippen molar-refractivity contribution < 1.29 is 9.59 Å². The Morgan fingerprint density at radius 3 is 2.52 bits per heavy atom. The van der Waals surface area contributed by atoms with E-state index in [0.29, 0.717) is 24.2 Å². The van der Waals surface area contributed by atoms with E-state index in [1.54, 1.807) is 17.0 Å². The van der Waals surface area contributed by atoms with Crippen LogP contribution in [0.3, 0.4) is 0 Å². The first-order chi connectivity index (χ1) is 10.2. The Bertz CT molecular complexity index is 754. The Kier molecular flexibility index (Phi) is 2.57. The molecule has 2 aromatic carbocycles. The minimum Gasteiger partial charge on any atom is -0.324 e. The van der Waals surface area contributed by atoms with Crippen molar-refractivity contribution in [3.63, 3.8) is 0 Å². The van der Waals surface area contributed by atoms with Gasteiger partial charge < -0.3 is 10.2 Å². The summed E-state index contributed by atoms with van der Waals surface area (Å²) in [5.74, 6) is -0.189. The van der Waals surface area contributed by atoms with Gasteiger partial charge >= 0.3 is 0 Å². The lowest BCUT2D eigenvalue weighted by Crippen LogP contribution is -2.48. The number of carbonyl (C=O) groups excluding carboxylic acids is 2. The number of hydrogen-bond donors (Lipinski definition) is 1. The van der Waals surface area contributed by atoms with Crippen LogP contribution in [0.5, 0.6) is 0 Å². The third-order valence-corrected chi connectivity index (χ3v) is 4.23. The molecule has 1 N–H and O–H groups in total. The molecule has 2 amide bonds. The first-order valence-electron chi connectivity index (χ1n) is 7.02. The van der Waals surface area contributed by atoms with Gasteiger partial charge in [0.2, 0.25) is 5.91 Å². The number of nitrogens with one attached hydrogen (secondary N) is 1. The van der Waals surface area contributed by atoms with Crippen molar-refractivity contribution in [2.45, 2.75) is 19.0 Å². The molecule has 2 aliphatic heterocycles. The van der Waals surface area contributed by atoms with E-state index in [0.717, 1.165) is 11.1 Å². The lowest BCUT2D eigenvalue weighted by Gasteiger charge is -2.34. The summed E-state index contributed by atoms with van der Waals surface area (Å²) in [6, 6.07) is 14.7. The quantitative estimate of drug-likeness (QED) is 0.803. The fraction of sp³-hybridized carbons (Fsp3) is 0.176. The van der Waals surface area contributed by atoms with Gasteiger partial charge in [-0.2, -0.15) is 0 Å². The van der Waals surface area contributed by atoms with Gasteiger partial charge in [0.1, 0.15) is 6.04 Å². The number of amides is 2. The summed E-state index contributed by atoms with van der Waals surface area (Å²) in [4.78, 5) is 26.9. The van der Waals surface area contributed by atoms with Crippen LogP contribution >= 0.6 is 0 Å². The zero-order valence-electron chi connectivity index (χ0n) is 11.4. The molecule has 0 bridgehead atoms. The number of anilines is 1. The summed E-state index contributed by atoms with van der Waals surface area (Å²) in [6.07, 6.45) is 0.571. The fourth-order valence-electron chi connectivity index (χ4n) is 3.12. The molecule has 0 radical (unpaired) electrons. The highest BCUT2D eigenvalue weighted by Gasteiger charge is 2.38. The van der Waals surface area contributed by atoms with Crippen molar-refractivity contribution in [2.75, 3.05) is 5.32 Å². The summed E-state index contributed by atoms with van der Waals surface area (Å²) in [5.41, 5.74) is 3.43. The van der Waals surface area contributed by atoms with Gasteiger partial charge in [-0.3, -0.25) is 9.59 Å². The Labute approximate surface area is 122 Å². The highest BCUT2D eigenvalue weighted by molar-refractivity contribution is 6.10. The van der Waals surface area contributed by atoms with Crippen LogP contribution in [0.25, 0.3) is 0 Å². The lowest BCUT2D eigenvalue weighted by molar-refractivity contribution is -0.120. The largest absolute Gasteiger partial charge is 0.324 e. The van der Waals surface area contributed by atoms with Gasteiger partial charge in [-0.1, -0.05) is 36.4 Å². The van der Waals surface area contributed by atoms with Gasteiger partial charge in [0.25, 0.3) is 5.91 Å².